The van der Waals surface area contributed by atoms with Gasteiger partial charge in [0.1, 0.15) is 6.04 Å². The van der Waals surface area contributed by atoms with E-state index in [1.54, 1.807) is 29.2 Å². The van der Waals surface area contributed by atoms with Gasteiger partial charge in [-0.15, -0.1) is 11.8 Å². The van der Waals surface area contributed by atoms with Crippen LogP contribution in [-0.2, 0) is 21.9 Å². The monoisotopic (exact) mass is 548 g/mol. The van der Waals surface area contributed by atoms with Crippen LogP contribution in [0.1, 0.15) is 44.7 Å². The molecule has 1 N–H and O–H groups in total. The molecule has 2 aromatic rings. The molecule has 33 heavy (non-hydrogen) atoms. The fourth-order valence-electron chi connectivity index (χ4n) is 3.16. The summed E-state index contributed by atoms with van der Waals surface area (Å²) in [5.74, 6) is 0.528. The fraction of sp³-hybridized carbons (Fsp3) is 0.417. The van der Waals surface area contributed by atoms with Gasteiger partial charge in [0.2, 0.25) is 11.8 Å². The SMILES string of the molecule is CC[C@@H](C)NC(=O)[C@@H](CC)N(Cc1ccc(Cl)c(Cl)c1)C(=O)CSCc1ccc(Cl)c(Cl)c1. The predicted molar refractivity (Wildman–Crippen MR) is 142 cm³/mol. The highest BCUT2D eigenvalue weighted by atomic mass is 35.5. The van der Waals surface area contributed by atoms with E-state index < -0.39 is 6.04 Å². The Kier molecular flexibility index (Phi) is 11.7. The summed E-state index contributed by atoms with van der Waals surface area (Å²) in [6.45, 7) is 6.11. The van der Waals surface area contributed by atoms with E-state index in [-0.39, 0.29) is 30.2 Å². The zero-order chi connectivity index (χ0) is 24.5. The van der Waals surface area contributed by atoms with Gasteiger partial charge in [-0.05, 0) is 55.2 Å². The normalized spacial score (nSPS) is 12.8. The van der Waals surface area contributed by atoms with Gasteiger partial charge in [0, 0.05) is 18.3 Å². The highest BCUT2D eigenvalue weighted by Crippen LogP contribution is 2.26. The Hall–Kier alpha value is -1.11. The molecule has 2 amide bonds. The molecule has 180 valence electrons. The number of thioether (sulfide) groups is 1. The Labute approximate surface area is 220 Å². The smallest absolute Gasteiger partial charge is 0.243 e. The number of amides is 2. The van der Waals surface area contributed by atoms with E-state index in [4.69, 9.17) is 46.4 Å². The van der Waals surface area contributed by atoms with Gasteiger partial charge in [-0.1, -0.05) is 72.4 Å². The van der Waals surface area contributed by atoms with Gasteiger partial charge in [-0.2, -0.15) is 0 Å². The molecule has 2 aromatic carbocycles. The molecule has 0 aliphatic rings. The first-order valence-electron chi connectivity index (χ1n) is 10.7. The molecule has 2 atom stereocenters. The first-order valence-corrected chi connectivity index (χ1v) is 13.4. The summed E-state index contributed by atoms with van der Waals surface area (Å²) in [6.07, 6.45) is 1.30. The van der Waals surface area contributed by atoms with E-state index in [2.05, 4.69) is 5.32 Å². The average molecular weight is 550 g/mol. The lowest BCUT2D eigenvalue weighted by atomic mass is 10.1. The van der Waals surface area contributed by atoms with Crippen molar-refractivity contribution in [3.05, 3.63) is 67.6 Å². The van der Waals surface area contributed by atoms with E-state index in [0.29, 0.717) is 32.3 Å². The van der Waals surface area contributed by atoms with Crippen LogP contribution in [0.25, 0.3) is 0 Å². The van der Waals surface area contributed by atoms with Crippen molar-refractivity contribution in [1.82, 2.24) is 10.2 Å². The Bertz CT molecular complexity index is 973. The molecule has 0 spiro atoms. The lowest BCUT2D eigenvalue weighted by molar-refractivity contribution is -0.139. The molecule has 0 heterocycles. The summed E-state index contributed by atoms with van der Waals surface area (Å²) < 4.78 is 0. The molecule has 0 aromatic heterocycles. The second-order valence-corrected chi connectivity index (χ2v) is 10.4. The number of benzene rings is 2. The summed E-state index contributed by atoms with van der Waals surface area (Å²) in [6, 6.07) is 10.1. The second kappa shape index (κ2) is 13.7. The summed E-state index contributed by atoms with van der Waals surface area (Å²) in [5.41, 5.74) is 1.78. The molecule has 0 aliphatic heterocycles. The predicted octanol–water partition coefficient (Wildman–Crippen LogP) is 7.26. The van der Waals surface area contributed by atoms with Gasteiger partial charge in [0.05, 0.1) is 25.8 Å². The van der Waals surface area contributed by atoms with Crippen molar-refractivity contribution in [2.24, 2.45) is 0 Å². The van der Waals surface area contributed by atoms with Crippen molar-refractivity contribution in [2.45, 2.75) is 58.0 Å². The van der Waals surface area contributed by atoms with Crippen molar-refractivity contribution in [3.8, 4) is 0 Å². The van der Waals surface area contributed by atoms with Crippen LogP contribution in [0.2, 0.25) is 20.1 Å². The minimum absolute atomic E-state index is 0.0255. The first-order chi connectivity index (χ1) is 15.7. The zero-order valence-corrected chi connectivity index (χ0v) is 22.7. The Balaban J connectivity index is 2.17. The molecule has 0 unspecified atom stereocenters. The maximum Gasteiger partial charge on any atom is 0.243 e. The van der Waals surface area contributed by atoms with Crippen molar-refractivity contribution in [1.29, 1.82) is 0 Å². The topological polar surface area (TPSA) is 49.4 Å². The standard InChI is InChI=1S/C24H28Cl4N2O2S/c1-4-15(3)29-24(32)22(5-2)30(12-16-6-8-18(25)20(27)10-16)23(31)14-33-13-17-7-9-19(26)21(28)11-17/h6-11,15,22H,4-5,12-14H2,1-3H3,(H,29,32)/t15-,22-/m1/s1. The van der Waals surface area contributed by atoms with Crippen LogP contribution in [0.15, 0.2) is 36.4 Å². The van der Waals surface area contributed by atoms with Gasteiger partial charge in [-0.25, -0.2) is 0 Å². The minimum Gasteiger partial charge on any atom is -0.352 e. The van der Waals surface area contributed by atoms with Crippen LogP contribution < -0.4 is 5.32 Å². The van der Waals surface area contributed by atoms with E-state index >= 15 is 0 Å². The van der Waals surface area contributed by atoms with Crippen molar-refractivity contribution in [2.75, 3.05) is 5.75 Å². The van der Waals surface area contributed by atoms with Crippen LogP contribution in [0.3, 0.4) is 0 Å². The first kappa shape index (κ1) is 28.1. The number of rotatable bonds is 11. The summed E-state index contributed by atoms with van der Waals surface area (Å²) in [5, 5.41) is 4.83. The van der Waals surface area contributed by atoms with Crippen LogP contribution in [0, 0.1) is 0 Å². The Morgan fingerprint density at radius 3 is 2.03 bits per heavy atom. The third kappa shape index (κ3) is 8.56. The number of carbonyl (C=O) groups excluding carboxylic acids is 2. The molecule has 0 saturated heterocycles. The second-order valence-electron chi connectivity index (χ2n) is 7.75. The van der Waals surface area contributed by atoms with E-state index in [1.807, 2.05) is 32.9 Å². The van der Waals surface area contributed by atoms with E-state index in [9.17, 15) is 9.59 Å². The Morgan fingerprint density at radius 1 is 0.909 bits per heavy atom. The van der Waals surface area contributed by atoms with Gasteiger partial charge in [0.15, 0.2) is 0 Å². The van der Waals surface area contributed by atoms with Crippen LogP contribution in [0.5, 0.6) is 0 Å². The summed E-state index contributed by atoms with van der Waals surface area (Å²) in [7, 11) is 0. The lowest BCUT2D eigenvalue weighted by Gasteiger charge is -2.31. The van der Waals surface area contributed by atoms with E-state index in [1.165, 1.54) is 11.8 Å². The molecule has 0 fully saturated rings. The maximum atomic E-state index is 13.3. The quantitative estimate of drug-likeness (QED) is 0.321. The minimum atomic E-state index is -0.591. The largest absolute Gasteiger partial charge is 0.352 e. The third-order valence-corrected chi connectivity index (χ3v) is 7.67. The average Bonchev–Trinajstić information content (AvgIpc) is 2.78. The number of hydrogen-bond donors (Lipinski definition) is 1. The van der Waals surface area contributed by atoms with Crippen LogP contribution in [-0.4, -0.2) is 34.6 Å². The molecule has 0 bridgehead atoms. The zero-order valence-electron chi connectivity index (χ0n) is 18.8. The molecule has 4 nitrogen and oxygen atoms in total. The maximum absolute atomic E-state index is 13.3. The number of halogens is 4. The van der Waals surface area contributed by atoms with Gasteiger partial charge in [0.25, 0.3) is 0 Å². The third-order valence-electron chi connectivity index (χ3n) is 5.20. The molecule has 2 rings (SSSR count). The molecular weight excluding hydrogens is 522 g/mol. The summed E-state index contributed by atoms with van der Waals surface area (Å²) >= 11 is 25.7. The summed E-state index contributed by atoms with van der Waals surface area (Å²) in [4.78, 5) is 27.9. The highest BCUT2D eigenvalue weighted by molar-refractivity contribution is 7.99. The number of nitrogens with one attached hydrogen (secondary N) is 1. The van der Waals surface area contributed by atoms with Crippen molar-refractivity contribution in [3.63, 3.8) is 0 Å². The van der Waals surface area contributed by atoms with E-state index in [0.717, 1.165) is 17.5 Å². The molecule has 0 radical (unpaired) electrons. The molecule has 9 heteroatoms. The van der Waals surface area contributed by atoms with Gasteiger partial charge in [-0.3, -0.25) is 9.59 Å². The fourth-order valence-corrected chi connectivity index (χ4v) is 4.66. The van der Waals surface area contributed by atoms with Crippen molar-refractivity contribution >= 4 is 70.0 Å². The van der Waals surface area contributed by atoms with Crippen LogP contribution >= 0.6 is 58.2 Å². The van der Waals surface area contributed by atoms with Gasteiger partial charge < -0.3 is 10.2 Å². The number of carbonyl (C=O) groups is 2. The molecular formula is C24H28Cl4N2O2S. The molecule has 0 saturated carbocycles. The van der Waals surface area contributed by atoms with Crippen molar-refractivity contribution < 1.29 is 9.59 Å². The van der Waals surface area contributed by atoms with Gasteiger partial charge >= 0.3 is 0 Å². The number of nitrogens with zero attached hydrogens (tertiary/aromatic N) is 1. The Morgan fingerprint density at radius 2 is 1.48 bits per heavy atom. The molecule has 0 aliphatic carbocycles. The lowest BCUT2D eigenvalue weighted by Crippen LogP contribution is -2.51. The van der Waals surface area contributed by atoms with Crippen LogP contribution in [0.4, 0.5) is 0 Å². The highest BCUT2D eigenvalue weighted by Gasteiger charge is 2.29. The number of hydrogen-bond acceptors (Lipinski definition) is 3.